The minimum absolute atomic E-state index is 0.310. The second-order valence-corrected chi connectivity index (χ2v) is 6.00. The topological polar surface area (TPSA) is 101 Å². The minimum atomic E-state index is -1.16. The van der Waals surface area contributed by atoms with Gasteiger partial charge in [-0.2, -0.15) is 0 Å². The van der Waals surface area contributed by atoms with Gasteiger partial charge in [-0.25, -0.2) is 9.97 Å². The van der Waals surface area contributed by atoms with Crippen molar-refractivity contribution >= 4 is 45.2 Å². The molecular weight excluding hydrogens is 400 g/mol. The van der Waals surface area contributed by atoms with Crippen LogP contribution in [0.5, 0.6) is 0 Å². The van der Waals surface area contributed by atoms with Gasteiger partial charge < -0.3 is 24.6 Å². The van der Waals surface area contributed by atoms with Crippen molar-refractivity contribution < 1.29 is 20.1 Å². The Morgan fingerprint density at radius 2 is 2.10 bits per heavy atom. The van der Waals surface area contributed by atoms with Crippen molar-refractivity contribution in [2.45, 2.75) is 24.5 Å². The second kappa shape index (κ2) is 5.35. The van der Waals surface area contributed by atoms with Gasteiger partial charge in [-0.1, -0.05) is 11.6 Å². The molecule has 0 amide bonds. The lowest BCUT2D eigenvalue weighted by Gasteiger charge is -2.17. The molecule has 3 rings (SSSR count). The molecule has 1 unspecified atom stereocenters. The van der Waals surface area contributed by atoms with Gasteiger partial charge in [0.05, 0.1) is 12.0 Å². The first-order chi connectivity index (χ1) is 9.54. The number of rotatable bonds is 2. The number of halogens is 2. The largest absolute Gasteiger partial charge is 0.394 e. The van der Waals surface area contributed by atoms with Crippen molar-refractivity contribution in [3.63, 3.8) is 0 Å². The standard InChI is InChI=1S/C11H11ClIN3O4/c12-9-6-4(13)1-16(10(6)15-3-14-9)11-8(19)7(18)5(2-17)20-11/h1,3,5,7-8,11,17-19H,2H2/t5-,7-,8-,11?/m1/s1. The van der Waals surface area contributed by atoms with Gasteiger partial charge in [0.1, 0.15) is 35.4 Å². The second-order valence-electron chi connectivity index (χ2n) is 4.48. The summed E-state index contributed by atoms with van der Waals surface area (Å²) in [5.41, 5.74) is 0.504. The number of nitrogens with zero attached hydrogens (tertiary/aromatic N) is 3. The molecular formula is C11H11ClIN3O4. The molecule has 9 heteroatoms. The highest BCUT2D eigenvalue weighted by atomic mass is 127. The molecule has 2 aromatic rings. The van der Waals surface area contributed by atoms with E-state index in [1.165, 1.54) is 6.33 Å². The van der Waals surface area contributed by atoms with E-state index in [1.54, 1.807) is 10.8 Å². The highest BCUT2D eigenvalue weighted by Gasteiger charge is 2.44. The van der Waals surface area contributed by atoms with Gasteiger partial charge in [-0.05, 0) is 22.6 Å². The zero-order chi connectivity index (χ0) is 14.4. The zero-order valence-corrected chi connectivity index (χ0v) is 12.9. The first-order valence-electron chi connectivity index (χ1n) is 5.83. The molecule has 1 aliphatic heterocycles. The summed E-state index contributed by atoms with van der Waals surface area (Å²) in [5, 5.41) is 30.0. The summed E-state index contributed by atoms with van der Waals surface area (Å²) < 4.78 is 7.89. The van der Waals surface area contributed by atoms with E-state index in [1.807, 2.05) is 0 Å². The molecule has 0 spiro atoms. The first-order valence-corrected chi connectivity index (χ1v) is 7.29. The Bertz CT molecular complexity index is 652. The normalized spacial score (nSPS) is 30.2. The molecule has 0 saturated carbocycles. The van der Waals surface area contributed by atoms with Crippen LogP contribution in [-0.4, -0.2) is 54.8 Å². The highest BCUT2D eigenvalue weighted by Crippen LogP contribution is 2.35. The average molecular weight is 412 g/mol. The maximum Gasteiger partial charge on any atom is 0.164 e. The molecule has 3 heterocycles. The van der Waals surface area contributed by atoms with Crippen LogP contribution in [0.25, 0.3) is 11.0 Å². The Morgan fingerprint density at radius 3 is 2.75 bits per heavy atom. The predicted octanol–water partition coefficient (Wildman–Crippen LogP) is 0.301. The van der Waals surface area contributed by atoms with Crippen LogP contribution in [0.1, 0.15) is 6.23 Å². The fourth-order valence-corrected chi connectivity index (χ4v) is 3.49. The smallest absolute Gasteiger partial charge is 0.164 e. The van der Waals surface area contributed by atoms with Crippen LogP contribution in [0.4, 0.5) is 0 Å². The van der Waals surface area contributed by atoms with Crippen LogP contribution in [0.3, 0.4) is 0 Å². The quantitative estimate of drug-likeness (QED) is 0.485. The van der Waals surface area contributed by atoms with Crippen LogP contribution in [0.2, 0.25) is 5.15 Å². The van der Waals surface area contributed by atoms with E-state index in [0.717, 1.165) is 3.57 Å². The predicted molar refractivity (Wildman–Crippen MR) is 78.3 cm³/mol. The molecule has 0 aliphatic carbocycles. The molecule has 0 radical (unpaired) electrons. The van der Waals surface area contributed by atoms with Gasteiger partial charge in [0.2, 0.25) is 0 Å². The van der Waals surface area contributed by atoms with Gasteiger partial charge >= 0.3 is 0 Å². The summed E-state index contributed by atoms with van der Waals surface area (Å²) in [6.45, 7) is -0.374. The number of ether oxygens (including phenoxy) is 1. The van der Waals surface area contributed by atoms with E-state index in [9.17, 15) is 10.2 Å². The summed E-state index contributed by atoms with van der Waals surface area (Å²) in [6, 6.07) is 0. The highest BCUT2D eigenvalue weighted by molar-refractivity contribution is 14.1. The fraction of sp³-hybridized carbons (Fsp3) is 0.455. The maximum atomic E-state index is 10.1. The minimum Gasteiger partial charge on any atom is -0.394 e. The van der Waals surface area contributed by atoms with Gasteiger partial charge in [-0.15, -0.1) is 0 Å². The van der Waals surface area contributed by atoms with Crippen LogP contribution in [0, 0.1) is 3.57 Å². The molecule has 1 saturated heterocycles. The summed E-state index contributed by atoms with van der Waals surface area (Å²) in [4.78, 5) is 8.06. The molecule has 108 valence electrons. The Hall–Kier alpha value is -0.520. The van der Waals surface area contributed by atoms with E-state index in [2.05, 4.69) is 32.6 Å². The van der Waals surface area contributed by atoms with Crippen molar-refractivity contribution in [3.05, 3.63) is 21.2 Å². The molecule has 3 N–H and O–H groups in total. The lowest BCUT2D eigenvalue weighted by molar-refractivity contribution is -0.0509. The Balaban J connectivity index is 2.10. The van der Waals surface area contributed by atoms with Gasteiger partial charge in [0.15, 0.2) is 6.23 Å². The summed E-state index contributed by atoms with van der Waals surface area (Å²) in [5.74, 6) is 0. The van der Waals surface area contributed by atoms with E-state index >= 15 is 0 Å². The SMILES string of the molecule is OC[C@H]1OC(n2cc(I)c3c(Cl)ncnc32)[C@H](O)[C@@H]1O. The Kier molecular flexibility index (Phi) is 3.86. The number of aromatic nitrogens is 3. The van der Waals surface area contributed by atoms with Crippen LogP contribution < -0.4 is 0 Å². The van der Waals surface area contributed by atoms with Gasteiger partial charge in [-0.3, -0.25) is 0 Å². The fourth-order valence-electron chi connectivity index (χ4n) is 2.31. The number of aliphatic hydroxyl groups is 3. The number of hydrogen-bond acceptors (Lipinski definition) is 6. The molecule has 2 aromatic heterocycles. The third-order valence-electron chi connectivity index (χ3n) is 3.31. The van der Waals surface area contributed by atoms with E-state index in [0.29, 0.717) is 16.2 Å². The van der Waals surface area contributed by atoms with E-state index in [4.69, 9.17) is 21.4 Å². The molecule has 0 bridgehead atoms. The molecule has 1 fully saturated rings. The molecule has 1 aliphatic rings. The summed E-state index contributed by atoms with van der Waals surface area (Å²) in [6.07, 6.45) is -0.948. The van der Waals surface area contributed by atoms with Gasteiger partial charge in [0, 0.05) is 9.77 Å². The van der Waals surface area contributed by atoms with E-state index in [-0.39, 0.29) is 6.61 Å². The van der Waals surface area contributed by atoms with Crippen molar-refractivity contribution in [3.8, 4) is 0 Å². The molecule has 20 heavy (non-hydrogen) atoms. The number of hydrogen-bond donors (Lipinski definition) is 3. The van der Waals surface area contributed by atoms with Gasteiger partial charge in [0.25, 0.3) is 0 Å². The molecule has 7 nitrogen and oxygen atoms in total. The number of fused-ring (bicyclic) bond motifs is 1. The lowest BCUT2D eigenvalue weighted by Crippen LogP contribution is -2.33. The monoisotopic (exact) mass is 411 g/mol. The Labute approximate surface area is 132 Å². The third kappa shape index (κ3) is 2.11. The third-order valence-corrected chi connectivity index (χ3v) is 4.41. The summed E-state index contributed by atoms with van der Waals surface area (Å²) in [7, 11) is 0. The van der Waals surface area contributed by atoms with Crippen LogP contribution in [0.15, 0.2) is 12.5 Å². The zero-order valence-electron chi connectivity index (χ0n) is 10.0. The maximum absolute atomic E-state index is 10.1. The summed E-state index contributed by atoms with van der Waals surface area (Å²) >= 11 is 8.12. The van der Waals surface area contributed by atoms with Crippen LogP contribution >= 0.6 is 34.2 Å². The van der Waals surface area contributed by atoms with Crippen LogP contribution in [-0.2, 0) is 4.74 Å². The molecule has 4 atom stereocenters. The molecule has 0 aromatic carbocycles. The Morgan fingerprint density at radius 1 is 1.35 bits per heavy atom. The number of aliphatic hydroxyl groups excluding tert-OH is 3. The van der Waals surface area contributed by atoms with E-state index < -0.39 is 24.5 Å². The average Bonchev–Trinajstić information content (AvgIpc) is 2.90. The van der Waals surface area contributed by atoms with Crippen molar-refractivity contribution in [2.24, 2.45) is 0 Å². The van der Waals surface area contributed by atoms with Crippen molar-refractivity contribution in [1.29, 1.82) is 0 Å². The first kappa shape index (κ1) is 14.4. The van der Waals surface area contributed by atoms with Crippen molar-refractivity contribution in [2.75, 3.05) is 6.61 Å². The van der Waals surface area contributed by atoms with Crippen molar-refractivity contribution in [1.82, 2.24) is 14.5 Å². The lowest BCUT2D eigenvalue weighted by atomic mass is 10.1.